The van der Waals surface area contributed by atoms with Crippen LogP contribution in [0.1, 0.15) is 72.5 Å². The largest absolute Gasteiger partial charge is 0.345 e. The molecule has 8 heteroatoms. The molecule has 33 heavy (non-hydrogen) atoms. The molecule has 1 aliphatic heterocycles. The second-order valence-corrected chi connectivity index (χ2v) is 9.36. The van der Waals surface area contributed by atoms with Crippen LogP contribution >= 0.6 is 0 Å². The number of carbonyl (C=O) groups is 1. The van der Waals surface area contributed by atoms with Crippen LogP contribution in [0.4, 0.5) is 0 Å². The van der Waals surface area contributed by atoms with Crippen molar-refractivity contribution in [3.63, 3.8) is 0 Å². The highest BCUT2D eigenvalue weighted by molar-refractivity contribution is 5.92. The Labute approximate surface area is 193 Å². The Morgan fingerprint density at radius 1 is 1.03 bits per heavy atom. The van der Waals surface area contributed by atoms with Gasteiger partial charge in [0.1, 0.15) is 17.2 Å². The van der Waals surface area contributed by atoms with Gasteiger partial charge in [0, 0.05) is 38.0 Å². The van der Waals surface area contributed by atoms with Crippen LogP contribution in [-0.4, -0.2) is 31.4 Å². The normalized spacial score (nSPS) is 16.6. The number of amides is 1. The molecule has 1 saturated carbocycles. The molecule has 0 atom stereocenters. The molecule has 8 nitrogen and oxygen atoms in total. The number of fused-ring (bicyclic) bond motifs is 2. The highest BCUT2D eigenvalue weighted by Gasteiger charge is 2.17. The summed E-state index contributed by atoms with van der Waals surface area (Å²) < 4.78 is 3.67. The topological polar surface area (TPSA) is 93.3 Å². The third kappa shape index (κ3) is 5.16. The summed E-state index contributed by atoms with van der Waals surface area (Å²) in [6.45, 7) is 2.90. The van der Waals surface area contributed by atoms with Crippen molar-refractivity contribution < 1.29 is 4.79 Å². The standard InChI is InChI=1S/C25H32N6O2/c32-24-12-21(29-23-8-4-5-11-31(23)24)25(33)27-15-20-17-30-16-19(9-10-22(30)28-20)14-26-13-18-6-2-1-3-7-18/h9-10,12,16-18,26H,1-8,11,13-15H2,(H,27,33). The minimum absolute atomic E-state index is 0.151. The van der Waals surface area contributed by atoms with Crippen LogP contribution < -0.4 is 16.2 Å². The molecule has 0 unspecified atom stereocenters. The van der Waals surface area contributed by atoms with Crippen LogP contribution in [0.2, 0.25) is 0 Å². The highest BCUT2D eigenvalue weighted by atomic mass is 16.2. The molecule has 0 bridgehead atoms. The molecule has 5 rings (SSSR count). The van der Waals surface area contributed by atoms with Gasteiger partial charge in [0.2, 0.25) is 0 Å². The van der Waals surface area contributed by atoms with E-state index in [1.165, 1.54) is 43.7 Å². The average Bonchev–Trinajstić information content (AvgIpc) is 3.25. The molecule has 174 valence electrons. The van der Waals surface area contributed by atoms with E-state index in [9.17, 15) is 9.59 Å². The number of nitrogens with zero attached hydrogens (tertiary/aromatic N) is 4. The third-order valence-corrected chi connectivity index (χ3v) is 6.83. The monoisotopic (exact) mass is 448 g/mol. The van der Waals surface area contributed by atoms with Gasteiger partial charge in [-0.3, -0.25) is 14.2 Å². The molecule has 0 saturated heterocycles. The van der Waals surface area contributed by atoms with Crippen molar-refractivity contribution in [2.75, 3.05) is 6.54 Å². The van der Waals surface area contributed by atoms with Crippen molar-refractivity contribution in [3.8, 4) is 0 Å². The fourth-order valence-electron chi connectivity index (χ4n) is 5.01. The minimum Gasteiger partial charge on any atom is -0.345 e. The molecule has 3 aromatic rings. The molecule has 1 amide bonds. The van der Waals surface area contributed by atoms with Gasteiger partial charge in [-0.15, -0.1) is 0 Å². The van der Waals surface area contributed by atoms with Crippen molar-refractivity contribution in [2.24, 2.45) is 5.92 Å². The lowest BCUT2D eigenvalue weighted by molar-refractivity contribution is 0.0944. The number of pyridine rings is 1. The summed E-state index contributed by atoms with van der Waals surface area (Å²) in [4.78, 5) is 33.9. The summed E-state index contributed by atoms with van der Waals surface area (Å²) in [6.07, 6.45) is 13.6. The lowest BCUT2D eigenvalue weighted by Gasteiger charge is -2.21. The first-order valence-electron chi connectivity index (χ1n) is 12.2. The Morgan fingerprint density at radius 2 is 1.91 bits per heavy atom. The van der Waals surface area contributed by atoms with E-state index in [-0.39, 0.29) is 23.7 Å². The van der Waals surface area contributed by atoms with E-state index in [0.29, 0.717) is 12.4 Å². The fraction of sp³-hybridized carbons (Fsp3) is 0.520. The van der Waals surface area contributed by atoms with Crippen LogP contribution in [0.3, 0.4) is 0 Å². The van der Waals surface area contributed by atoms with Gasteiger partial charge in [0.25, 0.3) is 11.5 Å². The van der Waals surface area contributed by atoms with Gasteiger partial charge in [0.15, 0.2) is 0 Å². The van der Waals surface area contributed by atoms with Crippen molar-refractivity contribution in [1.29, 1.82) is 0 Å². The minimum atomic E-state index is -0.342. The molecule has 3 aromatic heterocycles. The summed E-state index contributed by atoms with van der Waals surface area (Å²) in [5.74, 6) is 1.17. The van der Waals surface area contributed by atoms with E-state index in [1.54, 1.807) is 4.57 Å². The first kappa shape index (κ1) is 21.8. The van der Waals surface area contributed by atoms with Crippen molar-refractivity contribution in [3.05, 3.63) is 63.7 Å². The van der Waals surface area contributed by atoms with Gasteiger partial charge in [-0.1, -0.05) is 25.3 Å². The molecule has 0 spiro atoms. The molecule has 2 aliphatic rings. The Balaban J connectivity index is 1.18. The van der Waals surface area contributed by atoms with Gasteiger partial charge in [-0.25, -0.2) is 9.97 Å². The number of carbonyl (C=O) groups excluding carboxylic acids is 1. The number of aromatic nitrogens is 4. The molecular weight excluding hydrogens is 416 g/mol. The van der Waals surface area contributed by atoms with E-state index in [0.717, 1.165) is 49.6 Å². The van der Waals surface area contributed by atoms with Gasteiger partial charge in [0.05, 0.1) is 12.2 Å². The van der Waals surface area contributed by atoms with E-state index in [4.69, 9.17) is 0 Å². The van der Waals surface area contributed by atoms with Gasteiger partial charge < -0.3 is 15.0 Å². The maximum Gasteiger partial charge on any atom is 0.270 e. The lowest BCUT2D eigenvalue weighted by atomic mass is 9.89. The Bertz CT molecular complexity index is 1190. The number of hydrogen-bond donors (Lipinski definition) is 2. The highest BCUT2D eigenvalue weighted by Crippen LogP contribution is 2.22. The molecule has 0 aromatic carbocycles. The Hall–Kier alpha value is -3.00. The van der Waals surface area contributed by atoms with Crippen LogP contribution in [0.25, 0.3) is 5.65 Å². The van der Waals surface area contributed by atoms with Crippen LogP contribution in [-0.2, 0) is 26.1 Å². The van der Waals surface area contributed by atoms with Crippen LogP contribution in [0, 0.1) is 5.92 Å². The van der Waals surface area contributed by atoms with Crippen LogP contribution in [0.15, 0.2) is 35.4 Å². The molecule has 1 fully saturated rings. The summed E-state index contributed by atoms with van der Waals surface area (Å²) >= 11 is 0. The zero-order valence-electron chi connectivity index (χ0n) is 19.1. The smallest absolute Gasteiger partial charge is 0.270 e. The second kappa shape index (κ2) is 9.87. The number of hydrogen-bond acceptors (Lipinski definition) is 5. The van der Waals surface area contributed by atoms with Crippen molar-refractivity contribution in [2.45, 2.75) is 71.0 Å². The fourth-order valence-corrected chi connectivity index (χ4v) is 5.01. The Kier molecular flexibility index (Phi) is 6.53. The maximum absolute atomic E-state index is 12.6. The van der Waals surface area contributed by atoms with E-state index < -0.39 is 0 Å². The predicted molar refractivity (Wildman–Crippen MR) is 126 cm³/mol. The zero-order chi connectivity index (χ0) is 22.6. The predicted octanol–water partition coefficient (Wildman–Crippen LogP) is 2.83. The molecule has 4 heterocycles. The van der Waals surface area contributed by atoms with E-state index in [2.05, 4.69) is 32.9 Å². The molecule has 1 aliphatic carbocycles. The Morgan fingerprint density at radius 3 is 2.79 bits per heavy atom. The van der Waals surface area contributed by atoms with Crippen LogP contribution in [0.5, 0.6) is 0 Å². The number of imidazole rings is 1. The second-order valence-electron chi connectivity index (χ2n) is 9.36. The SMILES string of the molecule is O=C(NCc1cn2cc(CNCC3CCCCC3)ccc2n1)c1cc(=O)n2c(n1)CCCC2. The van der Waals surface area contributed by atoms with E-state index >= 15 is 0 Å². The summed E-state index contributed by atoms with van der Waals surface area (Å²) in [7, 11) is 0. The number of rotatable bonds is 7. The number of aryl methyl sites for hydroxylation is 1. The van der Waals surface area contributed by atoms with Gasteiger partial charge in [-0.2, -0.15) is 0 Å². The number of nitrogens with one attached hydrogen (secondary N) is 2. The van der Waals surface area contributed by atoms with Crippen molar-refractivity contribution >= 4 is 11.6 Å². The first-order valence-corrected chi connectivity index (χ1v) is 12.2. The average molecular weight is 449 g/mol. The first-order chi connectivity index (χ1) is 16.2. The summed E-state index contributed by atoms with van der Waals surface area (Å²) in [6, 6.07) is 5.44. The lowest BCUT2D eigenvalue weighted by Crippen LogP contribution is -2.32. The van der Waals surface area contributed by atoms with Gasteiger partial charge >= 0.3 is 0 Å². The van der Waals surface area contributed by atoms with E-state index in [1.807, 2.05) is 16.7 Å². The third-order valence-electron chi connectivity index (χ3n) is 6.83. The van der Waals surface area contributed by atoms with Crippen molar-refractivity contribution in [1.82, 2.24) is 29.6 Å². The zero-order valence-corrected chi connectivity index (χ0v) is 19.1. The maximum atomic E-state index is 12.6. The molecular formula is C25H32N6O2. The molecule has 2 N–H and O–H groups in total. The summed E-state index contributed by atoms with van der Waals surface area (Å²) in [5.41, 5.74) is 2.86. The molecule has 0 radical (unpaired) electrons. The van der Waals surface area contributed by atoms with Gasteiger partial charge in [-0.05, 0) is 49.8 Å². The quantitative estimate of drug-likeness (QED) is 0.580. The summed E-state index contributed by atoms with van der Waals surface area (Å²) in [5, 5.41) is 6.46.